The highest BCUT2D eigenvalue weighted by Gasteiger charge is 2.33. The minimum atomic E-state index is -0.803. The van der Waals surface area contributed by atoms with Gasteiger partial charge in [0.1, 0.15) is 17.2 Å². The Morgan fingerprint density at radius 1 is 1.22 bits per heavy atom. The first-order chi connectivity index (χ1) is 13.1. The lowest BCUT2D eigenvalue weighted by atomic mass is 10.1. The third-order valence-electron chi connectivity index (χ3n) is 4.56. The Labute approximate surface area is 153 Å². The number of amides is 3. The van der Waals surface area contributed by atoms with E-state index in [1.165, 1.54) is 4.58 Å². The molecule has 0 saturated carbocycles. The van der Waals surface area contributed by atoms with Crippen LogP contribution in [0.2, 0.25) is 0 Å². The first-order valence-electron chi connectivity index (χ1n) is 8.62. The van der Waals surface area contributed by atoms with Crippen LogP contribution in [0.1, 0.15) is 18.2 Å². The number of fused-ring (bicyclic) bond motifs is 1. The second kappa shape index (κ2) is 7.22. The molecule has 2 aliphatic rings. The van der Waals surface area contributed by atoms with Gasteiger partial charge in [0.05, 0.1) is 18.8 Å². The molecule has 0 spiro atoms. The molecule has 2 aromatic rings. The molecule has 0 aliphatic carbocycles. The van der Waals surface area contributed by atoms with E-state index in [2.05, 4.69) is 21.2 Å². The Kier molecular flexibility index (Phi) is 4.61. The van der Waals surface area contributed by atoms with Crippen LogP contribution in [-0.2, 0) is 14.4 Å². The molecule has 0 bridgehead atoms. The number of nitrogens with zero attached hydrogens (tertiary/aromatic N) is 2. The minimum absolute atomic E-state index is 0.0782. The molecule has 2 aliphatic heterocycles. The summed E-state index contributed by atoms with van der Waals surface area (Å²) in [6, 6.07) is 10.1. The Bertz CT molecular complexity index is 1010. The zero-order valence-corrected chi connectivity index (χ0v) is 14.3. The highest BCUT2D eigenvalue weighted by molar-refractivity contribution is 6.36. The van der Waals surface area contributed by atoms with Crippen LogP contribution in [-0.4, -0.2) is 36.9 Å². The lowest BCUT2D eigenvalue weighted by molar-refractivity contribution is -0.139. The van der Waals surface area contributed by atoms with Crippen molar-refractivity contribution in [2.24, 2.45) is 4.99 Å². The molecule has 0 radical (unpaired) electrons. The number of nitrogens with one attached hydrogen (secondary N) is 3. The van der Waals surface area contributed by atoms with E-state index in [4.69, 9.17) is 4.42 Å². The molecule has 1 aromatic carbocycles. The fourth-order valence-electron chi connectivity index (χ4n) is 3.21. The van der Waals surface area contributed by atoms with Crippen molar-refractivity contribution in [1.82, 2.24) is 20.7 Å². The van der Waals surface area contributed by atoms with Gasteiger partial charge < -0.3 is 9.73 Å². The fourth-order valence-corrected chi connectivity index (χ4v) is 3.21. The smallest absolute Gasteiger partial charge is 0.468 e. The van der Waals surface area contributed by atoms with E-state index in [9.17, 15) is 14.4 Å². The predicted molar refractivity (Wildman–Crippen MR) is 92.5 cm³/mol. The van der Waals surface area contributed by atoms with Crippen LogP contribution in [0.5, 0.6) is 0 Å². The van der Waals surface area contributed by atoms with Crippen LogP contribution in [0.3, 0.4) is 0 Å². The van der Waals surface area contributed by atoms with Crippen molar-refractivity contribution < 1.29 is 18.8 Å². The van der Waals surface area contributed by atoms with Crippen LogP contribution in [0.4, 0.5) is 0 Å². The van der Waals surface area contributed by atoms with Gasteiger partial charge in [0.2, 0.25) is 11.3 Å². The second-order valence-corrected chi connectivity index (χ2v) is 6.30. The molecule has 3 amide bonds. The van der Waals surface area contributed by atoms with Gasteiger partial charge >= 0.3 is 11.8 Å². The van der Waals surface area contributed by atoms with Crippen LogP contribution in [0, 0.1) is 0 Å². The maximum atomic E-state index is 12.4. The van der Waals surface area contributed by atoms with Crippen LogP contribution in [0.25, 0.3) is 0 Å². The van der Waals surface area contributed by atoms with Crippen molar-refractivity contribution in [1.29, 1.82) is 0 Å². The highest BCUT2D eigenvalue weighted by atomic mass is 16.3. The van der Waals surface area contributed by atoms with Gasteiger partial charge in [-0.3, -0.25) is 9.59 Å². The van der Waals surface area contributed by atoms with Gasteiger partial charge in [0.15, 0.2) is 6.54 Å². The monoisotopic (exact) mass is 368 g/mol. The summed E-state index contributed by atoms with van der Waals surface area (Å²) in [5.41, 5.74) is 5.97. The summed E-state index contributed by atoms with van der Waals surface area (Å²) in [6.07, 6.45) is 2.13. The van der Waals surface area contributed by atoms with E-state index in [1.807, 2.05) is 6.07 Å². The maximum absolute atomic E-state index is 12.4. The molecule has 138 valence electrons. The SMILES string of the molecule is O=C1N=c2ccccc2=[N+](CCNC(=O)C2CC(c3ccco3)NN2)C1=O. The molecule has 2 atom stereocenters. The first-order valence-corrected chi connectivity index (χ1v) is 8.62. The number of benzene rings is 1. The van der Waals surface area contributed by atoms with Crippen molar-refractivity contribution in [3.8, 4) is 0 Å². The summed E-state index contributed by atoms with van der Waals surface area (Å²) in [7, 11) is 0. The Hall–Kier alpha value is -3.17. The third-order valence-corrected chi connectivity index (χ3v) is 4.56. The first kappa shape index (κ1) is 17.3. The van der Waals surface area contributed by atoms with Gasteiger partial charge in [0.25, 0.3) is 0 Å². The molecule has 9 nitrogen and oxygen atoms in total. The van der Waals surface area contributed by atoms with E-state index in [0.717, 1.165) is 5.76 Å². The highest BCUT2D eigenvalue weighted by Crippen LogP contribution is 2.22. The molecule has 9 heteroatoms. The van der Waals surface area contributed by atoms with Crippen LogP contribution < -0.4 is 31.5 Å². The fraction of sp³-hybridized carbons (Fsp3) is 0.278. The van der Waals surface area contributed by atoms with E-state index in [0.29, 0.717) is 17.1 Å². The number of carbonyl (C=O) groups excluding carboxylic acids is 3. The average Bonchev–Trinajstić information content (AvgIpc) is 3.36. The van der Waals surface area contributed by atoms with Gasteiger partial charge in [-0.25, -0.2) is 15.6 Å². The topological polar surface area (TPSA) is 116 Å². The van der Waals surface area contributed by atoms with Gasteiger partial charge in [-0.15, -0.1) is 4.58 Å². The second-order valence-electron chi connectivity index (χ2n) is 6.30. The maximum Gasteiger partial charge on any atom is 0.480 e. The molecule has 2 unspecified atom stereocenters. The summed E-state index contributed by atoms with van der Waals surface area (Å²) in [5, 5.41) is 3.82. The molecule has 4 rings (SSSR count). The Morgan fingerprint density at radius 3 is 2.89 bits per heavy atom. The number of para-hydroxylation sites is 2. The molecule has 1 saturated heterocycles. The number of hydrogen-bond donors (Lipinski definition) is 3. The van der Waals surface area contributed by atoms with Crippen LogP contribution >= 0.6 is 0 Å². The van der Waals surface area contributed by atoms with Crippen LogP contribution in [0.15, 0.2) is 52.1 Å². The van der Waals surface area contributed by atoms with E-state index in [1.54, 1.807) is 36.6 Å². The Morgan fingerprint density at radius 2 is 2.07 bits per heavy atom. The summed E-state index contributed by atoms with van der Waals surface area (Å²) in [6.45, 7) is 0.403. The number of hydrogen-bond acceptors (Lipinski definition) is 6. The zero-order chi connectivity index (χ0) is 18.8. The third kappa shape index (κ3) is 3.42. The predicted octanol–water partition coefficient (Wildman–Crippen LogP) is -1.82. The van der Waals surface area contributed by atoms with E-state index >= 15 is 0 Å². The largest absolute Gasteiger partial charge is 0.480 e. The van der Waals surface area contributed by atoms with Crippen molar-refractivity contribution in [3.05, 3.63) is 59.1 Å². The number of hydrazine groups is 1. The minimum Gasteiger partial charge on any atom is -0.468 e. The molecular weight excluding hydrogens is 350 g/mol. The number of carbonyl (C=O) groups is 3. The summed E-state index contributed by atoms with van der Waals surface area (Å²) in [4.78, 5) is 40.0. The van der Waals surface area contributed by atoms with Gasteiger partial charge in [-0.05, 0) is 24.6 Å². The van der Waals surface area contributed by atoms with Crippen molar-refractivity contribution in [3.63, 3.8) is 0 Å². The van der Waals surface area contributed by atoms with E-state index in [-0.39, 0.29) is 25.0 Å². The number of rotatable bonds is 5. The molecule has 1 fully saturated rings. The normalized spacial score (nSPS) is 21.7. The zero-order valence-electron chi connectivity index (χ0n) is 14.3. The molecule has 1 aromatic heterocycles. The van der Waals surface area contributed by atoms with Gasteiger partial charge in [0, 0.05) is 6.07 Å². The molecule has 27 heavy (non-hydrogen) atoms. The molecule has 3 heterocycles. The Balaban J connectivity index is 1.39. The lowest BCUT2D eigenvalue weighted by Gasteiger charge is -2.10. The quantitative estimate of drug-likeness (QED) is 0.423. The van der Waals surface area contributed by atoms with Crippen molar-refractivity contribution in [2.45, 2.75) is 18.5 Å². The van der Waals surface area contributed by atoms with E-state index < -0.39 is 17.9 Å². The number of furan rings is 1. The summed E-state index contributed by atoms with van der Waals surface area (Å²) >= 11 is 0. The molecular formula is C18H18N5O4+. The standard InChI is InChI=1S/C18H17N5O4/c24-16(13-10-12(21-22-13)15-6-3-9-27-15)19-7-8-23-14-5-2-1-4-11(14)20-17(25)18(23)26/h1-6,9,12-13H,7-8,10H2,(H2,19,20,24,25)/p+1. The molecule has 3 N–H and O–H groups in total. The van der Waals surface area contributed by atoms with Crippen molar-refractivity contribution in [2.75, 3.05) is 13.1 Å². The summed E-state index contributed by atoms with van der Waals surface area (Å²) < 4.78 is 6.69. The lowest BCUT2D eigenvalue weighted by Crippen LogP contribution is -2.53. The van der Waals surface area contributed by atoms with Crippen molar-refractivity contribution >= 4 is 17.7 Å². The average molecular weight is 368 g/mol. The van der Waals surface area contributed by atoms with Gasteiger partial charge in [-0.2, -0.15) is 4.99 Å². The summed E-state index contributed by atoms with van der Waals surface area (Å²) in [5.74, 6) is -0.926. The van der Waals surface area contributed by atoms with Gasteiger partial charge in [-0.1, -0.05) is 12.1 Å².